The molecule has 0 amide bonds. The van der Waals surface area contributed by atoms with E-state index in [1.165, 1.54) is 87.5 Å². The van der Waals surface area contributed by atoms with Crippen LogP contribution in [0.3, 0.4) is 0 Å². The largest absolute Gasteiger partial charge is 0.310 e. The third-order valence-corrected chi connectivity index (χ3v) is 13.7. The quantitative estimate of drug-likeness (QED) is 0.138. The Morgan fingerprint density at radius 2 is 0.721 bits per heavy atom. The smallest absolute Gasteiger partial charge is 0.0542 e. The fourth-order valence-electron chi connectivity index (χ4n) is 10.6. The van der Waals surface area contributed by atoms with Crippen molar-refractivity contribution >= 4 is 71.2 Å². The lowest BCUT2D eigenvalue weighted by atomic mass is 9.84. The molecule has 0 atom stereocenters. The lowest BCUT2D eigenvalue weighted by Crippen LogP contribution is -2.10. The SMILES string of the molecule is c1ccc(-c2c(-c3ccccc3)c3cc(-c4cccc(N(c5cccc(-c6ccc7ccccc7c6)c5)c5ccc6c(c5)c5ccccc5n6-c5ccccc5)c4)ccc3c3ccccc23)cc1. The molecule has 0 aliphatic carbocycles. The first kappa shape index (κ1) is 39.4. The minimum atomic E-state index is 1.08. The summed E-state index contributed by atoms with van der Waals surface area (Å²) in [7, 11) is 0. The van der Waals surface area contributed by atoms with Crippen LogP contribution >= 0.6 is 0 Å². The summed E-state index contributed by atoms with van der Waals surface area (Å²) in [6.07, 6.45) is 0. The van der Waals surface area contributed by atoms with Crippen LogP contribution in [-0.4, -0.2) is 4.57 Å². The van der Waals surface area contributed by atoms with Gasteiger partial charge >= 0.3 is 0 Å². The average Bonchev–Trinajstić information content (AvgIpc) is 3.75. The van der Waals surface area contributed by atoms with Crippen molar-refractivity contribution in [2.24, 2.45) is 0 Å². The van der Waals surface area contributed by atoms with E-state index < -0.39 is 0 Å². The molecule has 12 aromatic carbocycles. The number of hydrogen-bond acceptors (Lipinski definition) is 1. The summed E-state index contributed by atoms with van der Waals surface area (Å²) < 4.78 is 2.38. The molecule has 1 aromatic heterocycles. The Morgan fingerprint density at radius 3 is 1.43 bits per heavy atom. The van der Waals surface area contributed by atoms with Gasteiger partial charge in [0.2, 0.25) is 0 Å². The van der Waals surface area contributed by atoms with Gasteiger partial charge in [-0.2, -0.15) is 0 Å². The fraction of sp³-hybridized carbons (Fsp3) is 0. The van der Waals surface area contributed by atoms with Gasteiger partial charge in [-0.25, -0.2) is 0 Å². The molecular formula is C66H44N2. The first-order chi connectivity index (χ1) is 33.7. The highest BCUT2D eigenvalue weighted by atomic mass is 15.1. The Kier molecular flexibility index (Phi) is 9.54. The van der Waals surface area contributed by atoms with E-state index in [-0.39, 0.29) is 0 Å². The molecule has 0 unspecified atom stereocenters. The molecule has 2 nitrogen and oxygen atoms in total. The number of rotatable bonds is 8. The van der Waals surface area contributed by atoms with E-state index in [1.54, 1.807) is 0 Å². The van der Waals surface area contributed by atoms with Crippen molar-refractivity contribution in [3.05, 3.63) is 267 Å². The Morgan fingerprint density at radius 1 is 0.235 bits per heavy atom. The molecule has 1 heterocycles. The van der Waals surface area contributed by atoms with E-state index in [2.05, 4.69) is 276 Å². The van der Waals surface area contributed by atoms with E-state index >= 15 is 0 Å². The van der Waals surface area contributed by atoms with Crippen molar-refractivity contribution in [1.82, 2.24) is 4.57 Å². The molecule has 0 spiro atoms. The van der Waals surface area contributed by atoms with Gasteiger partial charge in [0.15, 0.2) is 0 Å². The summed E-state index contributed by atoms with van der Waals surface area (Å²) in [5, 5.41) is 9.88. The second kappa shape index (κ2) is 16.5. The van der Waals surface area contributed by atoms with Crippen molar-refractivity contribution in [2.45, 2.75) is 0 Å². The zero-order valence-corrected chi connectivity index (χ0v) is 37.3. The predicted octanol–water partition coefficient (Wildman–Crippen LogP) is 18.4. The molecule has 318 valence electrons. The first-order valence-electron chi connectivity index (χ1n) is 23.4. The highest BCUT2D eigenvalue weighted by Gasteiger charge is 2.21. The number of anilines is 3. The lowest BCUT2D eigenvalue weighted by molar-refractivity contribution is 1.18. The molecule has 2 heteroatoms. The molecule has 0 N–H and O–H groups in total. The van der Waals surface area contributed by atoms with Crippen LogP contribution in [0, 0.1) is 0 Å². The first-order valence-corrected chi connectivity index (χ1v) is 23.4. The highest BCUT2D eigenvalue weighted by Crippen LogP contribution is 2.47. The minimum absolute atomic E-state index is 1.08. The van der Waals surface area contributed by atoms with E-state index in [4.69, 9.17) is 0 Å². The van der Waals surface area contributed by atoms with Crippen molar-refractivity contribution in [3.8, 4) is 50.2 Å². The van der Waals surface area contributed by atoms with E-state index in [0.29, 0.717) is 0 Å². The molecule has 0 radical (unpaired) electrons. The third kappa shape index (κ3) is 6.73. The summed E-state index contributed by atoms with van der Waals surface area (Å²) in [5.41, 5.74) is 16.3. The number of benzene rings is 12. The maximum Gasteiger partial charge on any atom is 0.0542 e. The molecule has 0 saturated carbocycles. The Bertz CT molecular complexity index is 4020. The highest BCUT2D eigenvalue weighted by molar-refractivity contribution is 6.22. The number of aromatic nitrogens is 1. The monoisotopic (exact) mass is 864 g/mol. The van der Waals surface area contributed by atoms with Gasteiger partial charge < -0.3 is 9.47 Å². The standard InChI is InChI=1S/C66H44N2/c1-4-19-46(20-5-1)65-60-32-13-12-30-57(60)58-38-36-52(43-62(58)66(65)47-21-6-2-7-22-47)50-25-17-29-55(42-50)67(54-28-16-24-49(41-54)51-35-34-45-18-10-11-23-48(45)40-51)56-37-39-64-61(44-56)59-31-14-15-33-63(59)68(64)53-26-8-3-9-27-53/h1-44H. The fourth-order valence-corrected chi connectivity index (χ4v) is 10.6. The van der Waals surface area contributed by atoms with Crippen LogP contribution in [0.25, 0.3) is 104 Å². The van der Waals surface area contributed by atoms with Crippen molar-refractivity contribution < 1.29 is 0 Å². The van der Waals surface area contributed by atoms with Crippen LogP contribution in [0.2, 0.25) is 0 Å². The number of fused-ring (bicyclic) bond motifs is 7. The van der Waals surface area contributed by atoms with Gasteiger partial charge in [-0.15, -0.1) is 0 Å². The predicted molar refractivity (Wildman–Crippen MR) is 290 cm³/mol. The summed E-state index contributed by atoms with van der Waals surface area (Å²) in [6.45, 7) is 0. The van der Waals surface area contributed by atoms with Crippen molar-refractivity contribution in [1.29, 1.82) is 0 Å². The molecule has 0 fully saturated rings. The van der Waals surface area contributed by atoms with Crippen LogP contribution in [-0.2, 0) is 0 Å². The Labute approximate surface area is 395 Å². The zero-order valence-electron chi connectivity index (χ0n) is 37.3. The van der Waals surface area contributed by atoms with Crippen LogP contribution in [0.1, 0.15) is 0 Å². The molecule has 0 aliphatic rings. The molecule has 13 rings (SSSR count). The van der Waals surface area contributed by atoms with Gasteiger partial charge in [-0.3, -0.25) is 0 Å². The Balaban J connectivity index is 1.02. The number of para-hydroxylation sites is 2. The van der Waals surface area contributed by atoms with Crippen LogP contribution in [0.5, 0.6) is 0 Å². The summed E-state index contributed by atoms with van der Waals surface area (Å²) >= 11 is 0. The van der Waals surface area contributed by atoms with E-state index in [0.717, 1.165) is 33.9 Å². The summed E-state index contributed by atoms with van der Waals surface area (Å²) in [4.78, 5) is 2.43. The average molecular weight is 865 g/mol. The van der Waals surface area contributed by atoms with Crippen molar-refractivity contribution in [2.75, 3.05) is 4.90 Å². The van der Waals surface area contributed by atoms with E-state index in [9.17, 15) is 0 Å². The van der Waals surface area contributed by atoms with Gasteiger partial charge in [0.05, 0.1) is 11.0 Å². The second-order valence-corrected chi connectivity index (χ2v) is 17.7. The van der Waals surface area contributed by atoms with Crippen LogP contribution in [0.4, 0.5) is 17.1 Å². The van der Waals surface area contributed by atoms with Crippen LogP contribution < -0.4 is 4.90 Å². The number of hydrogen-bond donors (Lipinski definition) is 0. The molecule has 68 heavy (non-hydrogen) atoms. The molecule has 13 aromatic rings. The maximum absolute atomic E-state index is 2.43. The second-order valence-electron chi connectivity index (χ2n) is 17.7. The molecule has 0 saturated heterocycles. The Hall–Kier alpha value is -8.98. The van der Waals surface area contributed by atoms with Crippen LogP contribution in [0.15, 0.2) is 267 Å². The summed E-state index contributed by atoms with van der Waals surface area (Å²) in [5.74, 6) is 0. The zero-order chi connectivity index (χ0) is 45.0. The molecule has 0 aliphatic heterocycles. The summed E-state index contributed by atoms with van der Waals surface area (Å²) in [6, 6.07) is 97.6. The minimum Gasteiger partial charge on any atom is -0.310 e. The van der Waals surface area contributed by atoms with Gasteiger partial charge in [-0.05, 0) is 150 Å². The van der Waals surface area contributed by atoms with Gasteiger partial charge in [0.25, 0.3) is 0 Å². The topological polar surface area (TPSA) is 8.17 Å². The van der Waals surface area contributed by atoms with Gasteiger partial charge in [-0.1, -0.05) is 194 Å². The lowest BCUT2D eigenvalue weighted by Gasteiger charge is -2.27. The molecular weight excluding hydrogens is 821 g/mol. The van der Waals surface area contributed by atoms with Gasteiger partial charge in [0.1, 0.15) is 0 Å². The maximum atomic E-state index is 2.43. The number of nitrogens with zero attached hydrogens (tertiary/aromatic N) is 2. The van der Waals surface area contributed by atoms with E-state index in [1.807, 2.05) is 0 Å². The van der Waals surface area contributed by atoms with Crippen molar-refractivity contribution in [3.63, 3.8) is 0 Å². The third-order valence-electron chi connectivity index (χ3n) is 13.7. The normalized spacial score (nSPS) is 11.5. The van der Waals surface area contributed by atoms with Gasteiger partial charge in [0, 0.05) is 33.5 Å². The molecule has 0 bridgehead atoms.